The second-order valence-corrected chi connectivity index (χ2v) is 14.5. The minimum absolute atomic E-state index is 0.869. The molecule has 0 bridgehead atoms. The van der Waals surface area contributed by atoms with Crippen molar-refractivity contribution >= 4 is 70.9 Å². The number of aromatic nitrogens is 4. The first-order valence-corrected chi connectivity index (χ1v) is 19.1. The van der Waals surface area contributed by atoms with E-state index in [4.69, 9.17) is 0 Å². The molecule has 0 aliphatic heterocycles. The number of hydrogen-bond acceptors (Lipinski definition) is 5. The molecule has 0 saturated carbocycles. The Balaban J connectivity index is 1.00. The van der Waals surface area contributed by atoms with E-state index in [1.807, 2.05) is 36.7 Å². The van der Waals surface area contributed by atoms with Crippen molar-refractivity contribution in [3.05, 3.63) is 200 Å². The van der Waals surface area contributed by atoms with Crippen LogP contribution < -0.4 is 4.90 Å². The first kappa shape index (κ1) is 32.7. The van der Waals surface area contributed by atoms with Crippen LogP contribution in [0.25, 0.3) is 87.5 Å². The van der Waals surface area contributed by atoms with E-state index in [1.165, 1.54) is 43.4 Å². The Labute approximate surface area is 329 Å². The quantitative estimate of drug-likeness (QED) is 0.160. The average Bonchev–Trinajstić information content (AvgIpc) is 3.29. The summed E-state index contributed by atoms with van der Waals surface area (Å²) in [6.45, 7) is 0. The van der Waals surface area contributed by atoms with Crippen LogP contribution in [0.15, 0.2) is 200 Å². The fraction of sp³-hybridized carbons (Fsp3) is 0. The molecule has 0 spiro atoms. The molecule has 9 aromatic carbocycles. The van der Waals surface area contributed by atoms with Crippen LogP contribution in [-0.4, -0.2) is 20.4 Å². The summed E-state index contributed by atoms with van der Waals surface area (Å²) in [6.07, 6.45) is 3.63. The van der Waals surface area contributed by atoms with Crippen LogP contribution >= 0.6 is 0 Å². The predicted molar refractivity (Wildman–Crippen MR) is 236 cm³/mol. The van der Waals surface area contributed by atoms with Crippen LogP contribution in [0, 0.1) is 0 Å². The lowest BCUT2D eigenvalue weighted by Gasteiger charge is -2.26. The molecule has 5 nitrogen and oxygen atoms in total. The monoisotopic (exact) mass is 727 g/mol. The van der Waals surface area contributed by atoms with Crippen molar-refractivity contribution < 1.29 is 0 Å². The van der Waals surface area contributed by atoms with Gasteiger partial charge in [-0.2, -0.15) is 10.2 Å². The molecule has 0 unspecified atom stereocenters. The van der Waals surface area contributed by atoms with Gasteiger partial charge in [-0.1, -0.05) is 140 Å². The average molecular weight is 728 g/mol. The Hall–Kier alpha value is -7.76. The zero-order chi connectivity index (χ0) is 37.7. The Bertz CT molecular complexity index is 3170. The number of anilines is 3. The topological polar surface area (TPSA) is 54.8 Å². The summed E-state index contributed by atoms with van der Waals surface area (Å²) in [5, 5.41) is 29.3. The summed E-state index contributed by atoms with van der Waals surface area (Å²) in [5.74, 6) is 0. The smallest absolute Gasteiger partial charge is 0.101 e. The lowest BCUT2D eigenvalue weighted by atomic mass is 9.96. The molecular formula is C52H33N5. The third-order valence-corrected chi connectivity index (χ3v) is 11.1. The standard InChI is InChI=1S/C52H33N5/c1-2-8-37-29-38(14-13-34(37)7-1)39-21-27-47-40(30-39)15-16-41-31-46(26-28-48(41)47)57(44-22-17-35(18-23-44)51-49-11-5-3-9-42(49)32-53-55-51)45-24-19-36(20-25-45)52-50-12-6-4-10-43(50)33-54-56-52/h1-33H. The Morgan fingerprint density at radius 2 is 0.702 bits per heavy atom. The first-order valence-electron chi connectivity index (χ1n) is 19.1. The lowest BCUT2D eigenvalue weighted by Crippen LogP contribution is -2.10. The lowest BCUT2D eigenvalue weighted by molar-refractivity contribution is 1.06. The van der Waals surface area contributed by atoms with Gasteiger partial charge in [0.05, 0.1) is 12.4 Å². The SMILES string of the molecule is c1ccc2cc(-c3ccc4c(ccc5cc(N(c6ccc(-c7nncc8ccccc78)cc6)c6ccc(-c7nncc8ccccc78)cc6)ccc54)c3)ccc2c1. The van der Waals surface area contributed by atoms with Crippen LogP contribution in [0.4, 0.5) is 17.1 Å². The van der Waals surface area contributed by atoms with Gasteiger partial charge in [-0.15, -0.1) is 10.2 Å². The first-order chi connectivity index (χ1) is 28.2. The largest absolute Gasteiger partial charge is 0.310 e. The van der Waals surface area contributed by atoms with Crippen LogP contribution in [0.5, 0.6) is 0 Å². The minimum atomic E-state index is 0.869. The van der Waals surface area contributed by atoms with Crippen LogP contribution in [0.1, 0.15) is 0 Å². The Kier molecular flexibility index (Phi) is 7.74. The molecule has 11 aromatic rings. The highest BCUT2D eigenvalue weighted by Crippen LogP contribution is 2.40. The van der Waals surface area contributed by atoms with Crippen molar-refractivity contribution in [2.75, 3.05) is 4.90 Å². The van der Waals surface area contributed by atoms with E-state index in [0.29, 0.717) is 0 Å². The van der Waals surface area contributed by atoms with Crippen LogP contribution in [-0.2, 0) is 0 Å². The van der Waals surface area contributed by atoms with Gasteiger partial charge in [0.2, 0.25) is 0 Å². The zero-order valence-electron chi connectivity index (χ0n) is 30.8. The predicted octanol–water partition coefficient (Wildman–Crippen LogP) is 13.5. The second kappa shape index (κ2) is 13.5. The molecule has 0 N–H and O–H groups in total. The van der Waals surface area contributed by atoms with E-state index >= 15 is 0 Å². The molecule has 0 radical (unpaired) electrons. The highest BCUT2D eigenvalue weighted by atomic mass is 15.1. The van der Waals surface area contributed by atoms with E-state index in [1.54, 1.807) is 0 Å². The molecule has 0 saturated heterocycles. The van der Waals surface area contributed by atoms with Gasteiger partial charge in [0.1, 0.15) is 11.4 Å². The number of hydrogen-bond donors (Lipinski definition) is 0. The Morgan fingerprint density at radius 1 is 0.281 bits per heavy atom. The highest BCUT2D eigenvalue weighted by Gasteiger charge is 2.16. The number of nitrogens with zero attached hydrogens (tertiary/aromatic N) is 5. The van der Waals surface area contributed by atoms with Crippen molar-refractivity contribution in [3.8, 4) is 33.6 Å². The maximum Gasteiger partial charge on any atom is 0.101 e. The molecule has 0 fully saturated rings. The molecule has 0 aliphatic rings. The molecule has 57 heavy (non-hydrogen) atoms. The summed E-state index contributed by atoms with van der Waals surface area (Å²) in [6, 6.07) is 67.1. The van der Waals surface area contributed by atoms with E-state index in [9.17, 15) is 0 Å². The summed E-state index contributed by atoms with van der Waals surface area (Å²) in [7, 11) is 0. The number of fused-ring (bicyclic) bond motifs is 6. The molecule has 0 aliphatic carbocycles. The summed E-state index contributed by atoms with van der Waals surface area (Å²) < 4.78 is 0. The number of rotatable bonds is 6. The molecule has 5 heteroatoms. The molecule has 2 aromatic heterocycles. The van der Waals surface area contributed by atoms with Gasteiger partial charge in [0, 0.05) is 49.7 Å². The van der Waals surface area contributed by atoms with Crippen LogP contribution in [0.3, 0.4) is 0 Å². The van der Waals surface area contributed by atoms with E-state index < -0.39 is 0 Å². The third-order valence-electron chi connectivity index (χ3n) is 11.1. The van der Waals surface area contributed by atoms with Gasteiger partial charge in [-0.05, 0) is 92.0 Å². The normalized spacial score (nSPS) is 11.5. The highest BCUT2D eigenvalue weighted by molar-refractivity contribution is 6.10. The molecule has 0 atom stereocenters. The zero-order valence-corrected chi connectivity index (χ0v) is 30.8. The van der Waals surface area contributed by atoms with Crippen molar-refractivity contribution in [2.45, 2.75) is 0 Å². The van der Waals surface area contributed by atoms with Gasteiger partial charge in [-0.3, -0.25) is 0 Å². The van der Waals surface area contributed by atoms with Crippen molar-refractivity contribution in [3.63, 3.8) is 0 Å². The van der Waals surface area contributed by atoms with Crippen molar-refractivity contribution in [2.24, 2.45) is 0 Å². The molecule has 266 valence electrons. The van der Waals surface area contributed by atoms with Crippen molar-refractivity contribution in [1.82, 2.24) is 20.4 Å². The van der Waals surface area contributed by atoms with Gasteiger partial charge in [0.25, 0.3) is 0 Å². The van der Waals surface area contributed by atoms with Gasteiger partial charge in [0.15, 0.2) is 0 Å². The molecule has 11 rings (SSSR count). The van der Waals surface area contributed by atoms with Crippen molar-refractivity contribution in [1.29, 1.82) is 0 Å². The number of benzene rings is 9. The fourth-order valence-electron chi connectivity index (χ4n) is 8.21. The van der Waals surface area contributed by atoms with Gasteiger partial charge >= 0.3 is 0 Å². The molecule has 0 amide bonds. The van der Waals surface area contributed by atoms with E-state index in [2.05, 4.69) is 189 Å². The maximum absolute atomic E-state index is 4.55. The summed E-state index contributed by atoms with van der Waals surface area (Å²) in [4.78, 5) is 2.31. The Morgan fingerprint density at radius 3 is 1.30 bits per heavy atom. The summed E-state index contributed by atoms with van der Waals surface area (Å²) >= 11 is 0. The minimum Gasteiger partial charge on any atom is -0.310 e. The molecule has 2 heterocycles. The van der Waals surface area contributed by atoms with E-state index in [0.717, 1.165) is 61.1 Å². The second-order valence-electron chi connectivity index (χ2n) is 14.5. The van der Waals surface area contributed by atoms with Gasteiger partial charge in [-0.25, -0.2) is 0 Å². The van der Waals surface area contributed by atoms with Gasteiger partial charge < -0.3 is 4.90 Å². The molecular weight excluding hydrogens is 695 g/mol. The van der Waals surface area contributed by atoms with E-state index in [-0.39, 0.29) is 0 Å². The summed E-state index contributed by atoms with van der Waals surface area (Å²) in [5.41, 5.74) is 9.33. The fourth-order valence-corrected chi connectivity index (χ4v) is 8.21. The maximum atomic E-state index is 4.55. The third kappa shape index (κ3) is 5.81. The van der Waals surface area contributed by atoms with Crippen LogP contribution in [0.2, 0.25) is 0 Å².